The zero-order chi connectivity index (χ0) is 20.5. The Hall–Kier alpha value is -2.97. The predicted molar refractivity (Wildman–Crippen MR) is 98.0 cm³/mol. The van der Waals surface area contributed by atoms with Crippen LogP contribution in [0.25, 0.3) is 0 Å². The second-order valence-electron chi connectivity index (χ2n) is 5.91. The number of benzene rings is 2. The SMILES string of the molecule is CCOC(=O)c1ccc(F)cc1C(O)C(O)CNC(=O)OCc1ccccc1. The van der Waals surface area contributed by atoms with E-state index < -0.39 is 30.1 Å². The molecule has 0 bridgehead atoms. The smallest absolute Gasteiger partial charge is 0.407 e. The third kappa shape index (κ3) is 6.04. The van der Waals surface area contributed by atoms with Gasteiger partial charge in [0.2, 0.25) is 0 Å². The first-order valence-electron chi connectivity index (χ1n) is 8.69. The number of rotatable bonds is 8. The van der Waals surface area contributed by atoms with Gasteiger partial charge in [-0.25, -0.2) is 14.0 Å². The Balaban J connectivity index is 1.95. The summed E-state index contributed by atoms with van der Waals surface area (Å²) >= 11 is 0. The number of aliphatic hydroxyl groups is 2. The molecule has 0 aromatic heterocycles. The van der Waals surface area contributed by atoms with Gasteiger partial charge in [-0.05, 0) is 30.7 Å². The minimum atomic E-state index is -1.62. The Morgan fingerprint density at radius 3 is 2.50 bits per heavy atom. The molecule has 2 unspecified atom stereocenters. The van der Waals surface area contributed by atoms with Gasteiger partial charge in [0.05, 0.1) is 12.2 Å². The number of esters is 1. The van der Waals surface area contributed by atoms with Crippen LogP contribution in [-0.4, -0.2) is 41.5 Å². The number of alkyl carbamates (subject to hydrolysis) is 1. The van der Waals surface area contributed by atoms with E-state index in [9.17, 15) is 24.2 Å². The van der Waals surface area contributed by atoms with E-state index in [4.69, 9.17) is 9.47 Å². The van der Waals surface area contributed by atoms with Crippen molar-refractivity contribution in [3.05, 3.63) is 71.0 Å². The molecule has 0 radical (unpaired) electrons. The average Bonchev–Trinajstić information content (AvgIpc) is 2.70. The van der Waals surface area contributed by atoms with Gasteiger partial charge in [-0.15, -0.1) is 0 Å². The number of carbonyl (C=O) groups is 2. The van der Waals surface area contributed by atoms with E-state index >= 15 is 0 Å². The lowest BCUT2D eigenvalue weighted by Crippen LogP contribution is -2.36. The van der Waals surface area contributed by atoms with Crippen molar-refractivity contribution in [2.75, 3.05) is 13.2 Å². The second-order valence-corrected chi connectivity index (χ2v) is 5.91. The number of hydrogen-bond acceptors (Lipinski definition) is 6. The molecule has 1 amide bonds. The molecule has 2 rings (SSSR count). The molecular formula is C20H22FNO6. The number of amides is 1. The monoisotopic (exact) mass is 391 g/mol. The van der Waals surface area contributed by atoms with Crippen molar-refractivity contribution in [2.45, 2.75) is 25.7 Å². The molecule has 0 aliphatic carbocycles. The summed E-state index contributed by atoms with van der Waals surface area (Å²) in [5.41, 5.74) is 0.587. The Morgan fingerprint density at radius 1 is 1.11 bits per heavy atom. The first kappa shape index (κ1) is 21.3. The fourth-order valence-electron chi connectivity index (χ4n) is 2.45. The first-order valence-corrected chi connectivity index (χ1v) is 8.69. The Morgan fingerprint density at radius 2 is 1.82 bits per heavy atom. The molecule has 0 aliphatic rings. The van der Waals surface area contributed by atoms with Gasteiger partial charge in [-0.2, -0.15) is 0 Å². The molecule has 7 nitrogen and oxygen atoms in total. The minimum absolute atomic E-state index is 0.0439. The molecule has 0 heterocycles. The van der Waals surface area contributed by atoms with Gasteiger partial charge in [-0.1, -0.05) is 30.3 Å². The van der Waals surface area contributed by atoms with Crippen LogP contribution in [-0.2, 0) is 16.1 Å². The predicted octanol–water partition coefficient (Wildman–Crippen LogP) is 2.32. The van der Waals surface area contributed by atoms with E-state index in [1.54, 1.807) is 31.2 Å². The lowest BCUT2D eigenvalue weighted by molar-refractivity contribution is 0.0166. The summed E-state index contributed by atoms with van der Waals surface area (Å²) in [5, 5.41) is 22.8. The topological polar surface area (TPSA) is 105 Å². The number of carbonyl (C=O) groups excluding carboxylic acids is 2. The number of nitrogens with one attached hydrogen (secondary N) is 1. The lowest BCUT2D eigenvalue weighted by Gasteiger charge is -2.20. The van der Waals surface area contributed by atoms with E-state index in [0.717, 1.165) is 17.7 Å². The van der Waals surface area contributed by atoms with Crippen molar-refractivity contribution in [3.63, 3.8) is 0 Å². The van der Waals surface area contributed by atoms with Gasteiger partial charge in [0, 0.05) is 12.1 Å². The Kier molecular flexibility index (Phi) is 7.91. The molecule has 2 aromatic carbocycles. The number of hydrogen-bond donors (Lipinski definition) is 3. The van der Waals surface area contributed by atoms with Crippen molar-refractivity contribution < 1.29 is 33.7 Å². The zero-order valence-electron chi connectivity index (χ0n) is 15.3. The summed E-state index contributed by atoms with van der Waals surface area (Å²) in [4.78, 5) is 23.7. The van der Waals surface area contributed by atoms with Gasteiger partial charge in [-0.3, -0.25) is 0 Å². The summed E-state index contributed by atoms with van der Waals surface area (Å²) in [6, 6.07) is 12.2. The minimum Gasteiger partial charge on any atom is -0.462 e. The molecule has 2 aromatic rings. The number of aliphatic hydroxyl groups excluding tert-OH is 2. The highest BCUT2D eigenvalue weighted by molar-refractivity contribution is 5.91. The van der Waals surface area contributed by atoms with Crippen molar-refractivity contribution >= 4 is 12.1 Å². The van der Waals surface area contributed by atoms with Crippen LogP contribution in [0.4, 0.5) is 9.18 Å². The third-order valence-corrected chi connectivity index (χ3v) is 3.86. The van der Waals surface area contributed by atoms with Crippen LogP contribution in [0.5, 0.6) is 0 Å². The molecule has 0 spiro atoms. The number of ether oxygens (including phenoxy) is 2. The van der Waals surface area contributed by atoms with Crippen LogP contribution in [0.1, 0.15) is 34.5 Å². The lowest BCUT2D eigenvalue weighted by atomic mass is 9.98. The average molecular weight is 391 g/mol. The van der Waals surface area contributed by atoms with Crippen molar-refractivity contribution in [2.24, 2.45) is 0 Å². The summed E-state index contributed by atoms with van der Waals surface area (Å²) in [6.07, 6.45) is -3.91. The van der Waals surface area contributed by atoms with Gasteiger partial charge in [0.25, 0.3) is 0 Å². The molecule has 3 N–H and O–H groups in total. The highest BCUT2D eigenvalue weighted by Crippen LogP contribution is 2.23. The van der Waals surface area contributed by atoms with Gasteiger partial charge in [0.1, 0.15) is 24.6 Å². The van der Waals surface area contributed by atoms with E-state index in [-0.39, 0.29) is 30.9 Å². The van der Waals surface area contributed by atoms with Gasteiger partial charge < -0.3 is 25.0 Å². The summed E-state index contributed by atoms with van der Waals surface area (Å²) in [5.74, 6) is -1.44. The molecular weight excluding hydrogens is 369 g/mol. The summed E-state index contributed by atoms with van der Waals surface area (Å²) in [6.45, 7) is 1.39. The van der Waals surface area contributed by atoms with Crippen molar-refractivity contribution in [1.82, 2.24) is 5.32 Å². The molecule has 0 saturated carbocycles. The highest BCUT2D eigenvalue weighted by atomic mass is 19.1. The summed E-state index contributed by atoms with van der Waals surface area (Å²) < 4.78 is 23.4. The van der Waals surface area contributed by atoms with Crippen molar-refractivity contribution in [3.8, 4) is 0 Å². The molecule has 2 atom stereocenters. The third-order valence-electron chi connectivity index (χ3n) is 3.86. The standard InChI is InChI=1S/C20H22FNO6/c1-2-27-19(25)15-9-8-14(21)10-16(15)18(24)17(23)11-22-20(26)28-12-13-6-4-3-5-7-13/h3-10,17-18,23-24H,2,11-12H2,1H3,(H,22,26). The first-order chi connectivity index (χ1) is 13.4. The maximum Gasteiger partial charge on any atom is 0.407 e. The normalized spacial score (nSPS) is 12.7. The number of halogens is 1. The van der Waals surface area contributed by atoms with Crippen LogP contribution in [0.2, 0.25) is 0 Å². The largest absolute Gasteiger partial charge is 0.462 e. The van der Waals surface area contributed by atoms with Crippen molar-refractivity contribution in [1.29, 1.82) is 0 Å². The van der Waals surface area contributed by atoms with Gasteiger partial charge in [0.15, 0.2) is 0 Å². The summed E-state index contributed by atoms with van der Waals surface area (Å²) in [7, 11) is 0. The maximum atomic E-state index is 13.6. The Labute approximate surface area is 161 Å². The molecule has 0 aliphatic heterocycles. The van der Waals surface area contributed by atoms with E-state index in [1.807, 2.05) is 6.07 Å². The van der Waals surface area contributed by atoms with Crippen LogP contribution in [0.3, 0.4) is 0 Å². The van der Waals surface area contributed by atoms with E-state index in [1.165, 1.54) is 6.07 Å². The van der Waals surface area contributed by atoms with E-state index in [2.05, 4.69) is 5.32 Å². The fourth-order valence-corrected chi connectivity index (χ4v) is 2.45. The Bertz CT molecular complexity index is 799. The molecule has 150 valence electrons. The van der Waals surface area contributed by atoms with Crippen LogP contribution in [0, 0.1) is 5.82 Å². The molecule has 28 heavy (non-hydrogen) atoms. The highest BCUT2D eigenvalue weighted by Gasteiger charge is 2.25. The maximum absolute atomic E-state index is 13.6. The second kappa shape index (κ2) is 10.4. The quantitative estimate of drug-likeness (QED) is 0.597. The molecule has 0 fully saturated rings. The zero-order valence-corrected chi connectivity index (χ0v) is 15.3. The fraction of sp³-hybridized carbons (Fsp3) is 0.300. The van der Waals surface area contributed by atoms with Crippen LogP contribution in [0.15, 0.2) is 48.5 Å². The molecule has 0 saturated heterocycles. The van der Waals surface area contributed by atoms with Crippen LogP contribution >= 0.6 is 0 Å². The van der Waals surface area contributed by atoms with E-state index in [0.29, 0.717) is 0 Å². The van der Waals surface area contributed by atoms with Gasteiger partial charge >= 0.3 is 12.1 Å². The van der Waals surface area contributed by atoms with Crippen LogP contribution < -0.4 is 5.32 Å². The molecule has 8 heteroatoms.